The maximum absolute atomic E-state index is 13.5. The molecule has 0 bridgehead atoms. The van der Waals surface area contributed by atoms with Crippen molar-refractivity contribution in [3.8, 4) is 10.6 Å². The first kappa shape index (κ1) is 11.2. The van der Waals surface area contributed by atoms with Crippen molar-refractivity contribution in [3.63, 3.8) is 0 Å². The fourth-order valence-electron chi connectivity index (χ4n) is 1.46. The quantitative estimate of drug-likeness (QED) is 0.787. The third-order valence-corrected chi connectivity index (χ3v) is 3.14. The molecule has 1 aromatic carbocycles. The van der Waals surface area contributed by atoms with Gasteiger partial charge in [0, 0.05) is 10.9 Å². The van der Waals surface area contributed by atoms with E-state index in [0.717, 1.165) is 30.7 Å². The second kappa shape index (κ2) is 4.70. The van der Waals surface area contributed by atoms with Gasteiger partial charge in [0.15, 0.2) is 0 Å². The maximum atomic E-state index is 13.5. The predicted octanol–water partition coefficient (Wildman–Crippen LogP) is 4.04. The van der Waals surface area contributed by atoms with Gasteiger partial charge < -0.3 is 0 Å². The van der Waals surface area contributed by atoms with Crippen LogP contribution in [0.4, 0.5) is 8.78 Å². The third kappa shape index (κ3) is 2.27. The second-order valence-electron chi connectivity index (χ2n) is 3.52. The highest BCUT2D eigenvalue weighted by Gasteiger charge is 2.10. The number of nitrogens with zero attached hydrogens (tertiary/aromatic N) is 1. The number of halogens is 2. The lowest BCUT2D eigenvalue weighted by Crippen LogP contribution is -1.87. The van der Waals surface area contributed by atoms with E-state index >= 15 is 0 Å². The number of hydrogen-bond acceptors (Lipinski definition) is 2. The molecule has 0 amide bonds. The molecular formula is C12H11F2NS. The number of aromatic nitrogens is 1. The van der Waals surface area contributed by atoms with Gasteiger partial charge in [0.05, 0.1) is 5.69 Å². The van der Waals surface area contributed by atoms with E-state index in [0.29, 0.717) is 5.01 Å². The smallest absolute Gasteiger partial charge is 0.133 e. The summed E-state index contributed by atoms with van der Waals surface area (Å²) in [6.07, 6.45) is 1.86. The molecule has 0 saturated carbocycles. The van der Waals surface area contributed by atoms with Crippen molar-refractivity contribution < 1.29 is 8.78 Å². The molecule has 0 fully saturated rings. The summed E-state index contributed by atoms with van der Waals surface area (Å²) in [5, 5.41) is 2.43. The molecule has 1 aromatic heterocycles. The van der Waals surface area contributed by atoms with E-state index in [9.17, 15) is 8.78 Å². The first-order valence-electron chi connectivity index (χ1n) is 5.10. The minimum absolute atomic E-state index is 0.243. The molecule has 2 rings (SSSR count). The first-order valence-corrected chi connectivity index (χ1v) is 5.98. The van der Waals surface area contributed by atoms with Gasteiger partial charge in [-0.25, -0.2) is 13.8 Å². The SMILES string of the molecule is CCCc1csc(-c2cc(F)ccc2F)n1. The Kier molecular flexibility index (Phi) is 3.29. The van der Waals surface area contributed by atoms with Crippen LogP contribution < -0.4 is 0 Å². The highest BCUT2D eigenvalue weighted by Crippen LogP contribution is 2.27. The summed E-state index contributed by atoms with van der Waals surface area (Å²) >= 11 is 1.35. The van der Waals surface area contributed by atoms with Gasteiger partial charge >= 0.3 is 0 Å². The molecule has 4 heteroatoms. The van der Waals surface area contributed by atoms with Gasteiger partial charge in [0.25, 0.3) is 0 Å². The van der Waals surface area contributed by atoms with Crippen LogP contribution >= 0.6 is 11.3 Å². The van der Waals surface area contributed by atoms with Gasteiger partial charge in [-0.1, -0.05) is 13.3 Å². The van der Waals surface area contributed by atoms with E-state index in [4.69, 9.17) is 0 Å². The van der Waals surface area contributed by atoms with Crippen LogP contribution in [0.3, 0.4) is 0 Å². The van der Waals surface area contributed by atoms with Gasteiger partial charge in [-0.15, -0.1) is 11.3 Å². The summed E-state index contributed by atoms with van der Waals surface area (Å²) in [5.41, 5.74) is 1.18. The van der Waals surface area contributed by atoms with Crippen LogP contribution in [-0.4, -0.2) is 4.98 Å². The van der Waals surface area contributed by atoms with Gasteiger partial charge in [-0.2, -0.15) is 0 Å². The van der Waals surface area contributed by atoms with Crippen LogP contribution in [0.2, 0.25) is 0 Å². The number of benzene rings is 1. The largest absolute Gasteiger partial charge is 0.241 e. The average molecular weight is 239 g/mol. The van der Waals surface area contributed by atoms with Crippen LogP contribution in [0.5, 0.6) is 0 Å². The molecule has 0 saturated heterocycles. The Morgan fingerprint density at radius 3 is 2.88 bits per heavy atom. The molecule has 0 unspecified atom stereocenters. The van der Waals surface area contributed by atoms with Gasteiger partial charge in [-0.05, 0) is 24.6 Å². The molecule has 0 spiro atoms. The Morgan fingerprint density at radius 1 is 1.31 bits per heavy atom. The Hall–Kier alpha value is -1.29. The molecule has 16 heavy (non-hydrogen) atoms. The van der Waals surface area contributed by atoms with Crippen molar-refractivity contribution in [2.45, 2.75) is 19.8 Å². The lowest BCUT2D eigenvalue weighted by molar-refractivity contribution is 0.603. The molecular weight excluding hydrogens is 228 g/mol. The zero-order valence-corrected chi connectivity index (χ0v) is 9.65. The molecule has 0 aliphatic heterocycles. The van der Waals surface area contributed by atoms with E-state index in [1.807, 2.05) is 5.38 Å². The fourth-order valence-corrected chi connectivity index (χ4v) is 2.33. The summed E-state index contributed by atoms with van der Waals surface area (Å²) in [6, 6.07) is 3.43. The molecule has 0 aliphatic carbocycles. The summed E-state index contributed by atoms with van der Waals surface area (Å²) in [5.74, 6) is -0.873. The lowest BCUT2D eigenvalue weighted by Gasteiger charge is -1.98. The Morgan fingerprint density at radius 2 is 2.12 bits per heavy atom. The first-order chi connectivity index (χ1) is 7.70. The van der Waals surface area contributed by atoms with Crippen molar-refractivity contribution in [2.24, 2.45) is 0 Å². The van der Waals surface area contributed by atoms with Crippen molar-refractivity contribution in [1.82, 2.24) is 4.98 Å². The average Bonchev–Trinajstić information content (AvgIpc) is 2.71. The van der Waals surface area contributed by atoms with Crippen LogP contribution in [0, 0.1) is 11.6 Å². The van der Waals surface area contributed by atoms with Crippen molar-refractivity contribution in [3.05, 3.63) is 40.9 Å². The monoisotopic (exact) mass is 239 g/mol. The minimum atomic E-state index is -0.441. The molecule has 2 aromatic rings. The molecule has 1 heterocycles. The highest BCUT2D eigenvalue weighted by atomic mass is 32.1. The molecule has 0 radical (unpaired) electrons. The van der Waals surface area contributed by atoms with Crippen molar-refractivity contribution in [2.75, 3.05) is 0 Å². The third-order valence-electron chi connectivity index (χ3n) is 2.22. The molecule has 0 N–H and O–H groups in total. The number of aryl methyl sites for hydroxylation is 1. The Labute approximate surface area is 96.8 Å². The predicted molar refractivity (Wildman–Crippen MR) is 61.5 cm³/mol. The summed E-state index contributed by atoms with van der Waals surface area (Å²) < 4.78 is 26.4. The molecule has 0 atom stereocenters. The zero-order chi connectivity index (χ0) is 11.5. The van der Waals surface area contributed by atoms with Crippen molar-refractivity contribution >= 4 is 11.3 Å². The van der Waals surface area contributed by atoms with E-state index in [1.165, 1.54) is 17.4 Å². The van der Waals surface area contributed by atoms with E-state index in [-0.39, 0.29) is 5.56 Å². The van der Waals surface area contributed by atoms with E-state index in [2.05, 4.69) is 11.9 Å². The maximum Gasteiger partial charge on any atom is 0.133 e. The summed E-state index contributed by atoms with van der Waals surface area (Å²) in [7, 11) is 0. The normalized spacial score (nSPS) is 10.7. The van der Waals surface area contributed by atoms with Crippen LogP contribution in [0.25, 0.3) is 10.6 Å². The fraction of sp³-hybridized carbons (Fsp3) is 0.250. The Balaban J connectivity index is 2.38. The van der Waals surface area contributed by atoms with Crippen molar-refractivity contribution in [1.29, 1.82) is 0 Å². The van der Waals surface area contributed by atoms with Gasteiger partial charge in [0.2, 0.25) is 0 Å². The lowest BCUT2D eigenvalue weighted by atomic mass is 10.2. The topological polar surface area (TPSA) is 12.9 Å². The van der Waals surface area contributed by atoms with Gasteiger partial charge in [-0.3, -0.25) is 0 Å². The van der Waals surface area contributed by atoms with Gasteiger partial charge in [0.1, 0.15) is 16.6 Å². The Bertz CT molecular complexity index is 494. The van der Waals surface area contributed by atoms with Crippen LogP contribution in [-0.2, 0) is 6.42 Å². The molecule has 1 nitrogen and oxygen atoms in total. The van der Waals surface area contributed by atoms with E-state index < -0.39 is 11.6 Å². The summed E-state index contributed by atoms with van der Waals surface area (Å²) in [6.45, 7) is 2.06. The van der Waals surface area contributed by atoms with Crippen LogP contribution in [0.15, 0.2) is 23.6 Å². The standard InChI is InChI=1S/C12H11F2NS/c1-2-3-9-7-16-12(15-9)10-6-8(13)4-5-11(10)14/h4-7H,2-3H2,1H3. The summed E-state index contributed by atoms with van der Waals surface area (Å²) in [4.78, 5) is 4.28. The highest BCUT2D eigenvalue weighted by molar-refractivity contribution is 7.13. The number of rotatable bonds is 3. The second-order valence-corrected chi connectivity index (χ2v) is 4.38. The molecule has 0 aliphatic rings. The number of thiazole rings is 1. The van der Waals surface area contributed by atoms with Crippen LogP contribution in [0.1, 0.15) is 19.0 Å². The van der Waals surface area contributed by atoms with E-state index in [1.54, 1.807) is 0 Å². The minimum Gasteiger partial charge on any atom is -0.241 e. The molecule has 84 valence electrons. The number of hydrogen-bond donors (Lipinski definition) is 0. The zero-order valence-electron chi connectivity index (χ0n) is 8.84.